The fourth-order valence-electron chi connectivity index (χ4n) is 1.52. The topological polar surface area (TPSA) is 61.6 Å². The van der Waals surface area contributed by atoms with Gasteiger partial charge in [-0.2, -0.15) is 0 Å². The fourth-order valence-corrected chi connectivity index (χ4v) is 2.02. The lowest BCUT2D eigenvalue weighted by Crippen LogP contribution is -2.21. The molecule has 1 heterocycles. The molecule has 1 saturated heterocycles. The van der Waals surface area contributed by atoms with Crippen LogP contribution in [0.2, 0.25) is 5.02 Å². The Hall–Kier alpha value is -1.33. The molecule has 0 saturated carbocycles. The van der Waals surface area contributed by atoms with Crippen molar-refractivity contribution in [2.45, 2.75) is 12.5 Å². The summed E-state index contributed by atoms with van der Waals surface area (Å²) in [6.45, 7) is 0.391. The van der Waals surface area contributed by atoms with Crippen molar-refractivity contribution >= 4 is 34.8 Å². The van der Waals surface area contributed by atoms with E-state index < -0.39 is 6.10 Å². The predicted molar refractivity (Wildman–Crippen MR) is 67.3 cm³/mol. The number of carbonyl (C=O) groups excluding carboxylic acids is 1. The molecular weight excluding hydrogens is 262 g/mol. The minimum atomic E-state index is -0.554. The first-order valence-corrected chi connectivity index (χ1v) is 5.79. The Morgan fingerprint density at radius 2 is 2.35 bits per heavy atom. The number of esters is 1. The SMILES string of the molecule is NC(=S)c1ccc(OC2CCOC2=O)cc1Cl. The minimum absolute atomic E-state index is 0.224. The van der Waals surface area contributed by atoms with Crippen LogP contribution in [0, 0.1) is 0 Å². The van der Waals surface area contributed by atoms with Gasteiger partial charge in [-0.25, -0.2) is 4.79 Å². The Labute approximate surface area is 109 Å². The number of thiocarbonyl (C=S) groups is 1. The van der Waals surface area contributed by atoms with E-state index in [1.807, 2.05) is 0 Å². The average Bonchev–Trinajstić information content (AvgIpc) is 2.64. The lowest BCUT2D eigenvalue weighted by Gasteiger charge is -2.11. The van der Waals surface area contributed by atoms with E-state index in [2.05, 4.69) is 0 Å². The third kappa shape index (κ3) is 2.68. The molecule has 0 spiro atoms. The molecule has 2 N–H and O–H groups in total. The number of ether oxygens (including phenoxy) is 2. The summed E-state index contributed by atoms with van der Waals surface area (Å²) in [6.07, 6.45) is -0.00483. The molecule has 1 fully saturated rings. The molecule has 0 amide bonds. The number of nitrogens with two attached hydrogens (primary N) is 1. The predicted octanol–water partition coefficient (Wildman–Crippen LogP) is 1.67. The van der Waals surface area contributed by atoms with Crippen LogP contribution in [0.4, 0.5) is 0 Å². The minimum Gasteiger partial charge on any atom is -0.479 e. The summed E-state index contributed by atoms with van der Waals surface area (Å²) < 4.78 is 10.3. The summed E-state index contributed by atoms with van der Waals surface area (Å²) in [5, 5.41) is 0.404. The largest absolute Gasteiger partial charge is 0.479 e. The van der Waals surface area contributed by atoms with Crippen LogP contribution in [0.3, 0.4) is 0 Å². The van der Waals surface area contributed by atoms with E-state index in [1.165, 1.54) is 0 Å². The number of hydrogen-bond donors (Lipinski definition) is 1. The zero-order chi connectivity index (χ0) is 12.4. The molecule has 0 radical (unpaired) electrons. The molecule has 6 heteroatoms. The molecule has 1 aromatic carbocycles. The van der Waals surface area contributed by atoms with Crippen molar-refractivity contribution in [3.8, 4) is 5.75 Å². The van der Waals surface area contributed by atoms with Crippen molar-refractivity contribution in [3.63, 3.8) is 0 Å². The van der Waals surface area contributed by atoms with Crippen LogP contribution >= 0.6 is 23.8 Å². The standard InChI is InChI=1S/C11H10ClNO3S/c12-8-5-6(1-2-7(8)10(13)17)16-9-3-4-15-11(9)14/h1-2,5,9H,3-4H2,(H2,13,17). The van der Waals surface area contributed by atoms with Crippen LogP contribution in [0.5, 0.6) is 5.75 Å². The van der Waals surface area contributed by atoms with Gasteiger partial charge in [0, 0.05) is 12.0 Å². The zero-order valence-electron chi connectivity index (χ0n) is 8.81. The zero-order valence-corrected chi connectivity index (χ0v) is 10.4. The van der Waals surface area contributed by atoms with Crippen molar-refractivity contribution < 1.29 is 14.3 Å². The quantitative estimate of drug-likeness (QED) is 0.669. The highest BCUT2D eigenvalue weighted by Gasteiger charge is 2.28. The summed E-state index contributed by atoms with van der Waals surface area (Å²) in [4.78, 5) is 11.4. The van der Waals surface area contributed by atoms with Crippen LogP contribution < -0.4 is 10.5 Å². The second-order valence-electron chi connectivity index (χ2n) is 3.57. The molecule has 1 atom stereocenters. The summed E-state index contributed by atoms with van der Waals surface area (Å²) in [6, 6.07) is 4.92. The Morgan fingerprint density at radius 3 is 2.88 bits per heavy atom. The van der Waals surface area contributed by atoms with Gasteiger partial charge >= 0.3 is 5.97 Å². The van der Waals surface area contributed by atoms with Gasteiger partial charge in [0.05, 0.1) is 11.6 Å². The molecule has 4 nitrogen and oxygen atoms in total. The maximum atomic E-state index is 11.2. The molecular formula is C11H10ClNO3S. The van der Waals surface area contributed by atoms with Crippen LogP contribution in [0.25, 0.3) is 0 Å². The van der Waals surface area contributed by atoms with E-state index in [0.717, 1.165) is 0 Å². The van der Waals surface area contributed by atoms with Gasteiger partial charge in [0.25, 0.3) is 0 Å². The molecule has 1 unspecified atom stereocenters. The number of benzene rings is 1. The smallest absolute Gasteiger partial charge is 0.347 e. The number of carbonyl (C=O) groups is 1. The van der Waals surface area contributed by atoms with Crippen LogP contribution in [0.15, 0.2) is 18.2 Å². The summed E-state index contributed by atoms with van der Waals surface area (Å²) in [5.41, 5.74) is 6.07. The maximum absolute atomic E-state index is 11.2. The number of cyclic esters (lactones) is 1. The summed E-state index contributed by atoms with van der Waals surface area (Å²) in [7, 11) is 0. The number of rotatable bonds is 3. The number of halogens is 1. The van der Waals surface area contributed by atoms with E-state index >= 15 is 0 Å². The van der Waals surface area contributed by atoms with Gasteiger partial charge < -0.3 is 15.2 Å². The first-order chi connectivity index (χ1) is 8.08. The van der Waals surface area contributed by atoms with Crippen LogP contribution in [0.1, 0.15) is 12.0 Å². The third-order valence-corrected chi connectivity index (χ3v) is 2.90. The van der Waals surface area contributed by atoms with E-state index in [1.54, 1.807) is 18.2 Å². The van der Waals surface area contributed by atoms with Gasteiger partial charge in [-0.3, -0.25) is 0 Å². The van der Waals surface area contributed by atoms with Crippen LogP contribution in [-0.4, -0.2) is 23.7 Å². The molecule has 90 valence electrons. The molecule has 0 aromatic heterocycles. The fraction of sp³-hybridized carbons (Fsp3) is 0.273. The molecule has 2 rings (SSSR count). The van der Waals surface area contributed by atoms with Gasteiger partial charge in [-0.05, 0) is 18.2 Å². The lowest BCUT2D eigenvalue weighted by molar-refractivity contribution is -0.143. The van der Waals surface area contributed by atoms with E-state index in [4.69, 9.17) is 39.0 Å². The first kappa shape index (κ1) is 12.1. The molecule has 0 aliphatic carbocycles. The lowest BCUT2D eigenvalue weighted by atomic mass is 10.2. The van der Waals surface area contributed by atoms with Crippen molar-refractivity contribution in [3.05, 3.63) is 28.8 Å². The maximum Gasteiger partial charge on any atom is 0.347 e. The third-order valence-electron chi connectivity index (χ3n) is 2.37. The molecule has 17 heavy (non-hydrogen) atoms. The first-order valence-electron chi connectivity index (χ1n) is 5.00. The van der Waals surface area contributed by atoms with Gasteiger partial charge in [0.1, 0.15) is 10.7 Å². The molecule has 1 aliphatic rings. The highest BCUT2D eigenvalue weighted by molar-refractivity contribution is 7.80. The highest BCUT2D eigenvalue weighted by Crippen LogP contribution is 2.24. The van der Waals surface area contributed by atoms with Crippen molar-refractivity contribution in [1.29, 1.82) is 0 Å². The average molecular weight is 272 g/mol. The highest BCUT2D eigenvalue weighted by atomic mass is 35.5. The van der Waals surface area contributed by atoms with Crippen LogP contribution in [-0.2, 0) is 9.53 Å². The van der Waals surface area contributed by atoms with Crippen molar-refractivity contribution in [2.24, 2.45) is 5.73 Å². The van der Waals surface area contributed by atoms with E-state index in [-0.39, 0.29) is 11.0 Å². The Morgan fingerprint density at radius 1 is 1.59 bits per heavy atom. The molecule has 1 aliphatic heterocycles. The summed E-state index contributed by atoms with van der Waals surface area (Å²) >= 11 is 10.8. The van der Waals surface area contributed by atoms with Gasteiger partial charge in [0.2, 0.25) is 0 Å². The molecule has 0 bridgehead atoms. The van der Waals surface area contributed by atoms with Gasteiger partial charge in [-0.15, -0.1) is 0 Å². The monoisotopic (exact) mass is 271 g/mol. The summed E-state index contributed by atoms with van der Waals surface area (Å²) in [5.74, 6) is 0.151. The van der Waals surface area contributed by atoms with Crippen molar-refractivity contribution in [1.82, 2.24) is 0 Å². The van der Waals surface area contributed by atoms with Crippen molar-refractivity contribution in [2.75, 3.05) is 6.61 Å². The second-order valence-corrected chi connectivity index (χ2v) is 4.42. The van der Waals surface area contributed by atoms with Gasteiger partial charge in [-0.1, -0.05) is 23.8 Å². The van der Waals surface area contributed by atoms with E-state index in [0.29, 0.717) is 29.4 Å². The Kier molecular flexibility index (Phi) is 3.49. The van der Waals surface area contributed by atoms with E-state index in [9.17, 15) is 4.79 Å². The normalized spacial score (nSPS) is 18.9. The second kappa shape index (κ2) is 4.89. The van der Waals surface area contributed by atoms with Gasteiger partial charge in [0.15, 0.2) is 6.10 Å². The Balaban J connectivity index is 2.15. The Bertz CT molecular complexity index is 478. The number of hydrogen-bond acceptors (Lipinski definition) is 4. The molecule has 1 aromatic rings.